The van der Waals surface area contributed by atoms with E-state index in [1.54, 1.807) is 6.07 Å². The number of carbonyl (C=O) groups is 1. The average molecular weight is 426 g/mol. The summed E-state index contributed by atoms with van der Waals surface area (Å²) in [6.45, 7) is 5.41. The molecule has 0 saturated carbocycles. The molecule has 2 atom stereocenters. The molecular weight excluding hydrogens is 405 g/mol. The van der Waals surface area contributed by atoms with Crippen LogP contribution in [-0.2, 0) is 15.7 Å². The minimum Gasteiger partial charge on any atom is -0.372 e. The third-order valence-electron chi connectivity index (χ3n) is 4.20. The molecule has 1 aliphatic rings. The second kappa shape index (κ2) is 9.00. The molecule has 6 nitrogen and oxygen atoms in total. The Hall–Kier alpha value is -2.33. The highest BCUT2D eigenvalue weighted by Gasteiger charge is 2.30. The van der Waals surface area contributed by atoms with Crippen molar-refractivity contribution in [1.82, 2.24) is 9.97 Å². The number of morpholine rings is 1. The van der Waals surface area contributed by atoms with Crippen molar-refractivity contribution in [2.75, 3.05) is 29.1 Å². The molecule has 1 fully saturated rings. The smallest absolute Gasteiger partial charge is 0.372 e. The number of hydrogen-bond donors (Lipinski definition) is 1. The van der Waals surface area contributed by atoms with E-state index < -0.39 is 17.6 Å². The van der Waals surface area contributed by atoms with E-state index in [0.29, 0.717) is 18.1 Å². The van der Waals surface area contributed by atoms with Crippen LogP contribution in [0.2, 0.25) is 0 Å². The monoisotopic (exact) mass is 426 g/mol. The van der Waals surface area contributed by atoms with Crippen molar-refractivity contribution in [3.05, 3.63) is 42.2 Å². The van der Waals surface area contributed by atoms with Crippen molar-refractivity contribution < 1.29 is 22.7 Å². The number of benzene rings is 1. The molecule has 0 aliphatic carbocycles. The fourth-order valence-electron chi connectivity index (χ4n) is 3.06. The first kappa shape index (κ1) is 21.4. The number of nitrogens with one attached hydrogen (secondary N) is 1. The normalized spacial score (nSPS) is 19.8. The zero-order chi connectivity index (χ0) is 21.0. The number of carbonyl (C=O) groups excluding carboxylic acids is 1. The van der Waals surface area contributed by atoms with E-state index in [4.69, 9.17) is 4.74 Å². The molecule has 156 valence electrons. The van der Waals surface area contributed by atoms with E-state index >= 15 is 0 Å². The molecule has 1 N–H and O–H groups in total. The molecule has 1 amide bonds. The summed E-state index contributed by atoms with van der Waals surface area (Å²) in [7, 11) is 0. The van der Waals surface area contributed by atoms with Crippen LogP contribution >= 0.6 is 11.8 Å². The molecule has 2 aromatic rings. The number of aromatic nitrogens is 2. The molecule has 0 radical (unpaired) electrons. The van der Waals surface area contributed by atoms with E-state index in [1.165, 1.54) is 30.2 Å². The average Bonchev–Trinajstić information content (AvgIpc) is 2.65. The third-order valence-corrected chi connectivity index (χ3v) is 5.12. The van der Waals surface area contributed by atoms with Crippen molar-refractivity contribution >= 4 is 29.2 Å². The molecule has 1 saturated heterocycles. The number of amides is 1. The van der Waals surface area contributed by atoms with Gasteiger partial charge in [0.1, 0.15) is 17.2 Å². The Morgan fingerprint density at radius 2 is 1.97 bits per heavy atom. The first-order chi connectivity index (χ1) is 13.7. The van der Waals surface area contributed by atoms with Gasteiger partial charge in [-0.2, -0.15) is 13.2 Å². The maximum absolute atomic E-state index is 12.8. The van der Waals surface area contributed by atoms with Gasteiger partial charge in [0.25, 0.3) is 0 Å². The van der Waals surface area contributed by atoms with Gasteiger partial charge in [-0.05, 0) is 32.0 Å². The molecule has 0 bridgehead atoms. The van der Waals surface area contributed by atoms with Gasteiger partial charge in [0.2, 0.25) is 5.91 Å². The minimum absolute atomic E-state index is 0.0165. The van der Waals surface area contributed by atoms with Gasteiger partial charge in [-0.15, -0.1) is 0 Å². The van der Waals surface area contributed by atoms with Gasteiger partial charge >= 0.3 is 6.18 Å². The first-order valence-corrected chi connectivity index (χ1v) is 10.0. The summed E-state index contributed by atoms with van der Waals surface area (Å²) in [5.74, 6) is 0.355. The molecular formula is C19H21F3N4O2S. The van der Waals surface area contributed by atoms with Crippen molar-refractivity contribution in [2.24, 2.45) is 0 Å². The van der Waals surface area contributed by atoms with Crippen LogP contribution in [0.1, 0.15) is 19.4 Å². The number of thioether (sulfide) groups is 1. The van der Waals surface area contributed by atoms with Gasteiger partial charge in [0.05, 0.1) is 23.5 Å². The Kier molecular flexibility index (Phi) is 6.63. The molecule has 2 heterocycles. The van der Waals surface area contributed by atoms with Crippen LogP contribution in [0.25, 0.3) is 0 Å². The third kappa shape index (κ3) is 6.07. The molecule has 0 spiro atoms. The Labute approximate surface area is 170 Å². The molecule has 2 unspecified atom stereocenters. The summed E-state index contributed by atoms with van der Waals surface area (Å²) < 4.78 is 44.0. The fraction of sp³-hybridized carbons (Fsp3) is 0.421. The van der Waals surface area contributed by atoms with E-state index in [1.807, 2.05) is 13.8 Å². The van der Waals surface area contributed by atoms with Crippen LogP contribution in [0.15, 0.2) is 41.7 Å². The van der Waals surface area contributed by atoms with Crippen LogP contribution in [-0.4, -0.2) is 46.9 Å². The number of nitrogens with zero attached hydrogens (tertiary/aromatic N) is 3. The van der Waals surface area contributed by atoms with Gasteiger partial charge in [0, 0.05) is 24.8 Å². The molecule has 1 aromatic heterocycles. The SMILES string of the molecule is CC1CN(c2cc(SCC(=O)Nc3cccc(C(F)(F)F)c3)ncn2)CC(C)O1. The van der Waals surface area contributed by atoms with Gasteiger partial charge in [0.15, 0.2) is 0 Å². The number of anilines is 2. The van der Waals surface area contributed by atoms with E-state index in [-0.39, 0.29) is 23.6 Å². The number of hydrogen-bond acceptors (Lipinski definition) is 6. The molecule has 1 aromatic carbocycles. The van der Waals surface area contributed by atoms with Crippen LogP contribution < -0.4 is 10.2 Å². The van der Waals surface area contributed by atoms with Crippen LogP contribution in [0.3, 0.4) is 0 Å². The minimum atomic E-state index is -4.46. The maximum atomic E-state index is 12.8. The zero-order valence-corrected chi connectivity index (χ0v) is 16.8. The summed E-state index contributed by atoms with van der Waals surface area (Å²) in [6, 6.07) is 6.34. The lowest BCUT2D eigenvalue weighted by Gasteiger charge is -2.36. The lowest BCUT2D eigenvalue weighted by atomic mass is 10.2. The van der Waals surface area contributed by atoms with E-state index in [9.17, 15) is 18.0 Å². The van der Waals surface area contributed by atoms with Gasteiger partial charge in [-0.1, -0.05) is 17.8 Å². The number of rotatable bonds is 5. The summed E-state index contributed by atoms with van der Waals surface area (Å²) in [4.78, 5) is 22.7. The topological polar surface area (TPSA) is 67.4 Å². The van der Waals surface area contributed by atoms with Gasteiger partial charge in [-0.3, -0.25) is 4.79 Å². The summed E-state index contributed by atoms with van der Waals surface area (Å²) in [5, 5.41) is 3.10. The lowest BCUT2D eigenvalue weighted by Crippen LogP contribution is -2.45. The zero-order valence-electron chi connectivity index (χ0n) is 15.9. The Morgan fingerprint density at radius 1 is 1.24 bits per heavy atom. The predicted molar refractivity (Wildman–Crippen MR) is 105 cm³/mol. The number of halogens is 3. The van der Waals surface area contributed by atoms with Gasteiger partial charge in [-0.25, -0.2) is 9.97 Å². The highest BCUT2D eigenvalue weighted by Crippen LogP contribution is 2.30. The second-order valence-corrected chi connectivity index (χ2v) is 7.79. The Morgan fingerprint density at radius 3 is 2.66 bits per heavy atom. The Balaban J connectivity index is 1.58. The predicted octanol–water partition coefficient (Wildman–Crippen LogP) is 3.84. The Bertz CT molecular complexity index is 855. The van der Waals surface area contributed by atoms with Crippen molar-refractivity contribution in [3.8, 4) is 0 Å². The molecule has 3 rings (SSSR count). The van der Waals surface area contributed by atoms with Crippen LogP contribution in [0.5, 0.6) is 0 Å². The standard InChI is InChI=1S/C19H21F3N4O2S/c1-12-8-26(9-13(2)28-12)16-7-18(24-11-23-16)29-10-17(27)25-15-5-3-4-14(6-15)19(20,21)22/h3-7,11-13H,8-10H2,1-2H3,(H,25,27). The number of alkyl halides is 3. The van der Waals surface area contributed by atoms with Crippen molar-refractivity contribution in [1.29, 1.82) is 0 Å². The largest absolute Gasteiger partial charge is 0.416 e. The molecule has 10 heteroatoms. The first-order valence-electron chi connectivity index (χ1n) is 9.03. The summed E-state index contributed by atoms with van der Waals surface area (Å²) in [5.41, 5.74) is -0.706. The molecule has 29 heavy (non-hydrogen) atoms. The fourth-order valence-corrected chi connectivity index (χ4v) is 3.72. The quantitative estimate of drug-likeness (QED) is 0.579. The van der Waals surface area contributed by atoms with Crippen LogP contribution in [0, 0.1) is 0 Å². The van der Waals surface area contributed by atoms with Gasteiger partial charge < -0.3 is 15.0 Å². The summed E-state index contributed by atoms with van der Waals surface area (Å²) >= 11 is 1.19. The van der Waals surface area contributed by atoms with Crippen molar-refractivity contribution in [2.45, 2.75) is 37.3 Å². The lowest BCUT2D eigenvalue weighted by molar-refractivity contribution is -0.137. The maximum Gasteiger partial charge on any atom is 0.416 e. The summed E-state index contributed by atoms with van der Waals surface area (Å²) in [6.07, 6.45) is -2.85. The molecule has 1 aliphatic heterocycles. The van der Waals surface area contributed by atoms with E-state index in [2.05, 4.69) is 20.2 Å². The van der Waals surface area contributed by atoms with Crippen molar-refractivity contribution in [3.63, 3.8) is 0 Å². The van der Waals surface area contributed by atoms with E-state index in [0.717, 1.165) is 18.0 Å². The highest BCUT2D eigenvalue weighted by atomic mass is 32.2. The highest BCUT2D eigenvalue weighted by molar-refractivity contribution is 7.99. The number of ether oxygens (including phenoxy) is 1. The van der Waals surface area contributed by atoms with Crippen LogP contribution in [0.4, 0.5) is 24.7 Å². The second-order valence-electron chi connectivity index (χ2n) is 6.79.